The minimum absolute atomic E-state index is 0.0984. The molecule has 0 fully saturated rings. The van der Waals surface area contributed by atoms with Crippen molar-refractivity contribution < 1.29 is 13.2 Å². The number of amides is 1. The van der Waals surface area contributed by atoms with Crippen LogP contribution in [0.4, 0.5) is 5.69 Å². The molecular weight excluding hydrogens is 370 g/mol. The number of hydrogen-bond acceptors (Lipinski definition) is 5. The smallest absolute Gasteiger partial charge is 0.242 e. The Morgan fingerprint density at radius 3 is 2.62 bits per heavy atom. The predicted molar refractivity (Wildman–Crippen MR) is 104 cm³/mol. The van der Waals surface area contributed by atoms with Gasteiger partial charge in [-0.3, -0.25) is 9.69 Å². The second-order valence-corrected chi connectivity index (χ2v) is 9.71. The highest BCUT2D eigenvalue weighted by molar-refractivity contribution is 7.89. The van der Waals surface area contributed by atoms with E-state index < -0.39 is 10.0 Å². The zero-order valence-electron chi connectivity index (χ0n) is 15.1. The van der Waals surface area contributed by atoms with Crippen LogP contribution < -0.4 is 5.32 Å². The molecule has 0 saturated carbocycles. The number of fused-ring (bicyclic) bond motifs is 1. The lowest BCUT2D eigenvalue weighted by Crippen LogP contribution is -2.39. The summed E-state index contributed by atoms with van der Waals surface area (Å²) in [7, 11) is -0.482. The molecule has 0 saturated heterocycles. The third kappa shape index (κ3) is 3.83. The number of nitrogens with zero attached hydrogens (tertiary/aromatic N) is 2. The number of carbonyl (C=O) groups is 1. The molecule has 1 N–H and O–H groups in total. The van der Waals surface area contributed by atoms with Crippen molar-refractivity contribution in [3.63, 3.8) is 0 Å². The molecule has 0 aliphatic carbocycles. The number of sulfonamides is 1. The number of rotatable bonds is 5. The lowest BCUT2D eigenvalue weighted by molar-refractivity contribution is -0.117. The quantitative estimate of drug-likeness (QED) is 0.848. The first-order chi connectivity index (χ1) is 12.3. The molecule has 26 heavy (non-hydrogen) atoms. The molecule has 1 aliphatic rings. The maximum atomic E-state index is 12.4. The van der Waals surface area contributed by atoms with Gasteiger partial charge in [-0.15, -0.1) is 11.3 Å². The second-order valence-electron chi connectivity index (χ2n) is 6.56. The Morgan fingerprint density at radius 1 is 1.27 bits per heavy atom. The third-order valence-corrected chi connectivity index (χ3v) is 7.49. The van der Waals surface area contributed by atoms with Crippen LogP contribution in [0.3, 0.4) is 0 Å². The summed E-state index contributed by atoms with van der Waals surface area (Å²) in [5.41, 5.74) is 1.90. The van der Waals surface area contributed by atoms with Crippen molar-refractivity contribution in [2.24, 2.45) is 0 Å². The van der Waals surface area contributed by atoms with Crippen molar-refractivity contribution in [2.75, 3.05) is 32.5 Å². The van der Waals surface area contributed by atoms with Crippen LogP contribution in [-0.4, -0.2) is 50.7 Å². The van der Waals surface area contributed by atoms with Crippen LogP contribution in [0.5, 0.6) is 0 Å². The predicted octanol–water partition coefficient (Wildman–Crippen LogP) is 2.56. The molecule has 0 bridgehead atoms. The molecule has 140 valence electrons. The lowest BCUT2D eigenvalue weighted by Gasteiger charge is -2.32. The van der Waals surface area contributed by atoms with E-state index in [1.165, 1.54) is 36.7 Å². The third-order valence-electron chi connectivity index (χ3n) is 4.67. The van der Waals surface area contributed by atoms with E-state index in [-0.39, 0.29) is 16.8 Å². The van der Waals surface area contributed by atoms with Gasteiger partial charge in [-0.25, -0.2) is 12.7 Å². The van der Waals surface area contributed by atoms with Crippen molar-refractivity contribution in [1.82, 2.24) is 9.21 Å². The maximum Gasteiger partial charge on any atom is 0.242 e. The first-order valence-electron chi connectivity index (χ1n) is 8.42. The average Bonchev–Trinajstić information content (AvgIpc) is 3.07. The molecule has 2 aromatic rings. The molecule has 0 spiro atoms. The highest BCUT2D eigenvalue weighted by Crippen LogP contribution is 2.32. The summed E-state index contributed by atoms with van der Waals surface area (Å²) in [6.07, 6.45) is 0.974. The van der Waals surface area contributed by atoms with Crippen molar-refractivity contribution >= 4 is 33.0 Å². The summed E-state index contributed by atoms with van der Waals surface area (Å²) >= 11 is 1.78. The zero-order valence-corrected chi connectivity index (χ0v) is 16.7. The summed E-state index contributed by atoms with van der Waals surface area (Å²) in [6.45, 7) is 3.30. The van der Waals surface area contributed by atoms with Gasteiger partial charge in [0, 0.05) is 37.2 Å². The molecule has 1 atom stereocenters. The summed E-state index contributed by atoms with van der Waals surface area (Å²) in [4.78, 5) is 16.2. The standard InChI is InChI=1S/C18H23N3O3S2/c1-13-16-9-11-25-17(16)8-10-21(13)12-18(22)19-14-4-6-15(7-5-14)26(23,24)20(2)3/h4-7,9,11,13H,8,10,12H2,1-3H3,(H,19,22). The Balaban J connectivity index is 1.62. The Labute approximate surface area is 158 Å². The summed E-state index contributed by atoms with van der Waals surface area (Å²) in [6, 6.07) is 8.61. The number of benzene rings is 1. The van der Waals surface area contributed by atoms with Gasteiger partial charge in [0.05, 0.1) is 11.4 Å². The molecular formula is C18H23N3O3S2. The summed E-state index contributed by atoms with van der Waals surface area (Å²) in [5.74, 6) is -0.0984. The van der Waals surface area contributed by atoms with E-state index in [0.717, 1.165) is 17.3 Å². The van der Waals surface area contributed by atoms with Gasteiger partial charge in [0.25, 0.3) is 0 Å². The van der Waals surface area contributed by atoms with Crippen LogP contribution in [0.2, 0.25) is 0 Å². The van der Waals surface area contributed by atoms with E-state index >= 15 is 0 Å². The van der Waals surface area contributed by atoms with Crippen molar-refractivity contribution in [3.05, 3.63) is 46.2 Å². The number of nitrogens with one attached hydrogen (secondary N) is 1. The second kappa shape index (κ2) is 7.48. The Morgan fingerprint density at radius 2 is 1.96 bits per heavy atom. The number of hydrogen-bond donors (Lipinski definition) is 1. The Hall–Kier alpha value is -1.74. The first kappa shape index (κ1) is 19.0. The summed E-state index contributed by atoms with van der Waals surface area (Å²) in [5, 5.41) is 4.95. The molecule has 2 heterocycles. The molecule has 3 rings (SSSR count). The Kier molecular flexibility index (Phi) is 5.47. The molecule has 1 aliphatic heterocycles. The fraction of sp³-hybridized carbons (Fsp3) is 0.389. The average molecular weight is 394 g/mol. The van der Waals surface area contributed by atoms with E-state index in [2.05, 4.69) is 28.6 Å². The van der Waals surface area contributed by atoms with E-state index in [4.69, 9.17) is 0 Å². The van der Waals surface area contributed by atoms with Gasteiger partial charge in [-0.2, -0.15) is 0 Å². The van der Waals surface area contributed by atoms with Gasteiger partial charge in [-0.05, 0) is 54.6 Å². The summed E-state index contributed by atoms with van der Waals surface area (Å²) < 4.78 is 25.3. The molecule has 1 amide bonds. The van der Waals surface area contributed by atoms with E-state index in [9.17, 15) is 13.2 Å². The van der Waals surface area contributed by atoms with Crippen molar-refractivity contribution in [1.29, 1.82) is 0 Å². The minimum atomic E-state index is -3.46. The van der Waals surface area contributed by atoms with Crippen molar-refractivity contribution in [2.45, 2.75) is 24.3 Å². The van der Waals surface area contributed by atoms with Crippen LogP contribution >= 0.6 is 11.3 Å². The fourth-order valence-electron chi connectivity index (χ4n) is 3.08. The van der Waals surface area contributed by atoms with Crippen LogP contribution in [0.15, 0.2) is 40.6 Å². The lowest BCUT2D eigenvalue weighted by atomic mass is 10.0. The van der Waals surface area contributed by atoms with E-state index in [1.54, 1.807) is 23.5 Å². The Bertz CT molecular complexity index is 889. The molecule has 0 radical (unpaired) electrons. The van der Waals surface area contributed by atoms with Gasteiger partial charge in [0.15, 0.2) is 0 Å². The number of thiophene rings is 1. The normalized spacial score (nSPS) is 17.9. The monoisotopic (exact) mass is 393 g/mol. The topological polar surface area (TPSA) is 69.7 Å². The van der Waals surface area contributed by atoms with Crippen LogP contribution in [0, 0.1) is 0 Å². The molecule has 1 aromatic heterocycles. The van der Waals surface area contributed by atoms with E-state index in [0.29, 0.717) is 12.2 Å². The minimum Gasteiger partial charge on any atom is -0.325 e. The van der Waals surface area contributed by atoms with Gasteiger partial charge in [-0.1, -0.05) is 0 Å². The molecule has 6 nitrogen and oxygen atoms in total. The largest absolute Gasteiger partial charge is 0.325 e. The van der Waals surface area contributed by atoms with Crippen LogP contribution in [-0.2, 0) is 21.2 Å². The fourth-order valence-corrected chi connectivity index (χ4v) is 4.95. The molecule has 8 heteroatoms. The number of carbonyl (C=O) groups excluding carboxylic acids is 1. The SMILES string of the molecule is CC1c2ccsc2CCN1CC(=O)Nc1ccc(S(=O)(=O)N(C)C)cc1. The molecule has 1 unspecified atom stereocenters. The first-order valence-corrected chi connectivity index (χ1v) is 10.7. The highest BCUT2D eigenvalue weighted by Gasteiger charge is 2.26. The van der Waals surface area contributed by atoms with Gasteiger partial charge >= 0.3 is 0 Å². The van der Waals surface area contributed by atoms with Crippen LogP contribution in [0.1, 0.15) is 23.4 Å². The van der Waals surface area contributed by atoms with Crippen LogP contribution in [0.25, 0.3) is 0 Å². The van der Waals surface area contributed by atoms with E-state index in [1.807, 2.05) is 0 Å². The van der Waals surface area contributed by atoms with Gasteiger partial charge in [0.2, 0.25) is 15.9 Å². The number of anilines is 1. The molecule has 1 aromatic carbocycles. The van der Waals surface area contributed by atoms with Gasteiger partial charge < -0.3 is 5.32 Å². The zero-order chi connectivity index (χ0) is 18.9. The van der Waals surface area contributed by atoms with Crippen molar-refractivity contribution in [3.8, 4) is 0 Å². The van der Waals surface area contributed by atoms with Gasteiger partial charge in [0.1, 0.15) is 0 Å². The highest BCUT2D eigenvalue weighted by atomic mass is 32.2. The maximum absolute atomic E-state index is 12.4.